The lowest BCUT2D eigenvalue weighted by atomic mass is 10.1. The zero-order valence-corrected chi connectivity index (χ0v) is 6.21. The first-order valence-corrected chi connectivity index (χ1v) is 3.57. The molecule has 12 heavy (non-hydrogen) atoms. The Kier molecular flexibility index (Phi) is 1.25. The van der Waals surface area contributed by atoms with Crippen molar-refractivity contribution in [2.75, 3.05) is 0 Å². The van der Waals surface area contributed by atoms with E-state index in [1.807, 2.05) is 0 Å². The van der Waals surface area contributed by atoms with E-state index in [0.717, 1.165) is 6.26 Å². The summed E-state index contributed by atoms with van der Waals surface area (Å²) in [4.78, 5) is 10.7. The molecule has 1 saturated carbocycles. The van der Waals surface area contributed by atoms with E-state index in [1.165, 1.54) is 0 Å². The van der Waals surface area contributed by atoms with Gasteiger partial charge in [0.2, 0.25) is 0 Å². The van der Waals surface area contributed by atoms with Gasteiger partial charge >= 0.3 is 0 Å². The lowest BCUT2D eigenvalue weighted by molar-refractivity contribution is 0.0996. The Labute approximate surface area is 67.5 Å². The van der Waals surface area contributed by atoms with E-state index in [0.29, 0.717) is 12.8 Å². The van der Waals surface area contributed by atoms with E-state index in [9.17, 15) is 9.18 Å². The molecule has 1 aliphatic carbocycles. The van der Waals surface area contributed by atoms with Crippen LogP contribution < -0.4 is 5.73 Å². The average molecular weight is 170 g/mol. The van der Waals surface area contributed by atoms with E-state index >= 15 is 0 Å². The number of alkyl halides is 1. The molecule has 64 valence electrons. The highest BCUT2D eigenvalue weighted by atomic mass is 19.1. The summed E-state index contributed by atoms with van der Waals surface area (Å²) in [7, 11) is 0. The fourth-order valence-corrected chi connectivity index (χ4v) is 1.08. The zero-order valence-electron chi connectivity index (χ0n) is 6.21. The largest absolute Gasteiger partial charge is 0.365 e. The van der Waals surface area contributed by atoms with Crippen molar-refractivity contribution in [2.45, 2.75) is 18.5 Å². The molecule has 0 saturated heterocycles. The Morgan fingerprint density at radius 3 is 2.92 bits per heavy atom. The van der Waals surface area contributed by atoms with Gasteiger partial charge in [-0.3, -0.25) is 4.79 Å². The number of aromatic nitrogens is 1. The molecule has 1 aromatic heterocycles. The number of hydrogen-bond donors (Lipinski definition) is 1. The highest BCUT2D eigenvalue weighted by Gasteiger charge is 2.49. The Morgan fingerprint density at radius 2 is 2.42 bits per heavy atom. The van der Waals surface area contributed by atoms with Gasteiger partial charge in [0.15, 0.2) is 5.67 Å². The van der Waals surface area contributed by atoms with Crippen LogP contribution in [-0.4, -0.2) is 11.1 Å². The zero-order chi connectivity index (χ0) is 8.77. The Balaban J connectivity index is 2.43. The lowest BCUT2D eigenvalue weighted by Crippen LogP contribution is -2.15. The van der Waals surface area contributed by atoms with Crippen molar-refractivity contribution < 1.29 is 13.7 Å². The standard InChI is InChI=1S/C7H7FN2O2/c8-7(1-2-7)5-4(6(9)11)3-12-10-5/h3H,1-2H2,(H2,9,11). The molecule has 1 aromatic rings. The van der Waals surface area contributed by atoms with Gasteiger partial charge in [0.1, 0.15) is 17.5 Å². The molecule has 0 aromatic carbocycles. The number of halogens is 1. The van der Waals surface area contributed by atoms with Crippen molar-refractivity contribution in [3.63, 3.8) is 0 Å². The third-order valence-corrected chi connectivity index (χ3v) is 1.95. The molecular formula is C7H7FN2O2. The van der Waals surface area contributed by atoms with Crippen LogP contribution in [0.15, 0.2) is 10.8 Å². The number of primary amides is 1. The normalized spacial score (nSPS) is 19.1. The molecule has 1 heterocycles. The Hall–Kier alpha value is -1.39. The van der Waals surface area contributed by atoms with Crippen molar-refractivity contribution in [2.24, 2.45) is 5.73 Å². The van der Waals surface area contributed by atoms with E-state index in [1.54, 1.807) is 0 Å². The SMILES string of the molecule is NC(=O)c1conc1C1(F)CC1. The molecule has 2 rings (SSSR count). The lowest BCUT2D eigenvalue weighted by Gasteiger charge is -1.99. The molecule has 4 nitrogen and oxygen atoms in total. The summed E-state index contributed by atoms with van der Waals surface area (Å²) in [5.41, 5.74) is 3.62. The number of hydrogen-bond acceptors (Lipinski definition) is 3. The van der Waals surface area contributed by atoms with Crippen LogP contribution in [0.25, 0.3) is 0 Å². The van der Waals surface area contributed by atoms with Gasteiger partial charge in [-0.25, -0.2) is 4.39 Å². The molecule has 2 N–H and O–H groups in total. The van der Waals surface area contributed by atoms with Crippen LogP contribution in [0.4, 0.5) is 4.39 Å². The van der Waals surface area contributed by atoms with Crippen LogP contribution in [0.1, 0.15) is 28.9 Å². The fraction of sp³-hybridized carbons (Fsp3) is 0.429. The van der Waals surface area contributed by atoms with Gasteiger partial charge in [0.05, 0.1) is 0 Å². The van der Waals surface area contributed by atoms with Crippen LogP contribution >= 0.6 is 0 Å². The summed E-state index contributed by atoms with van der Waals surface area (Å²) in [6, 6.07) is 0. The van der Waals surface area contributed by atoms with Crippen LogP contribution in [0, 0.1) is 0 Å². The summed E-state index contributed by atoms with van der Waals surface area (Å²) >= 11 is 0. The molecule has 0 radical (unpaired) electrons. The topological polar surface area (TPSA) is 69.1 Å². The molecule has 0 unspecified atom stereocenters. The van der Waals surface area contributed by atoms with Crippen molar-refractivity contribution in [1.29, 1.82) is 0 Å². The van der Waals surface area contributed by atoms with E-state index < -0.39 is 11.6 Å². The van der Waals surface area contributed by atoms with Crippen molar-refractivity contribution >= 4 is 5.91 Å². The third-order valence-electron chi connectivity index (χ3n) is 1.95. The van der Waals surface area contributed by atoms with Gasteiger partial charge in [-0.05, 0) is 12.8 Å². The van der Waals surface area contributed by atoms with Gasteiger partial charge < -0.3 is 10.3 Å². The van der Waals surface area contributed by atoms with E-state index in [2.05, 4.69) is 9.68 Å². The molecule has 0 aliphatic heterocycles. The molecular weight excluding hydrogens is 163 g/mol. The van der Waals surface area contributed by atoms with E-state index in [4.69, 9.17) is 5.73 Å². The van der Waals surface area contributed by atoms with Gasteiger partial charge in [-0.1, -0.05) is 5.16 Å². The Bertz CT molecular complexity index is 330. The number of carbonyl (C=O) groups excluding carboxylic acids is 1. The smallest absolute Gasteiger partial charge is 0.254 e. The monoisotopic (exact) mass is 170 g/mol. The molecule has 1 fully saturated rings. The quantitative estimate of drug-likeness (QED) is 0.711. The minimum absolute atomic E-state index is 0.0509. The first-order valence-electron chi connectivity index (χ1n) is 3.57. The molecule has 0 spiro atoms. The summed E-state index contributed by atoms with van der Waals surface area (Å²) < 4.78 is 17.8. The second-order valence-electron chi connectivity index (χ2n) is 2.91. The van der Waals surface area contributed by atoms with Crippen LogP contribution in [0.3, 0.4) is 0 Å². The first kappa shape index (κ1) is 7.27. The first-order chi connectivity index (χ1) is 5.63. The molecule has 0 bridgehead atoms. The minimum atomic E-state index is -1.46. The number of nitrogens with two attached hydrogens (primary N) is 1. The maximum atomic E-state index is 13.4. The number of amides is 1. The van der Waals surface area contributed by atoms with Gasteiger partial charge in [0, 0.05) is 0 Å². The molecule has 1 aliphatic rings. The summed E-state index contributed by atoms with van der Waals surface area (Å²) in [5, 5.41) is 3.42. The highest BCUT2D eigenvalue weighted by Crippen LogP contribution is 2.49. The maximum absolute atomic E-state index is 13.4. The fourth-order valence-electron chi connectivity index (χ4n) is 1.08. The molecule has 1 amide bonds. The third kappa shape index (κ3) is 0.895. The number of carbonyl (C=O) groups is 1. The van der Waals surface area contributed by atoms with Crippen molar-refractivity contribution in [3.05, 3.63) is 17.5 Å². The Morgan fingerprint density at radius 1 is 1.75 bits per heavy atom. The highest BCUT2D eigenvalue weighted by molar-refractivity contribution is 5.93. The average Bonchev–Trinajstić information content (AvgIpc) is 2.61. The van der Waals surface area contributed by atoms with E-state index in [-0.39, 0.29) is 11.3 Å². The summed E-state index contributed by atoms with van der Waals surface area (Å²) in [6.07, 6.45) is 1.86. The van der Waals surface area contributed by atoms with Gasteiger partial charge in [-0.2, -0.15) is 0 Å². The second-order valence-corrected chi connectivity index (χ2v) is 2.91. The van der Waals surface area contributed by atoms with Crippen molar-refractivity contribution in [3.8, 4) is 0 Å². The van der Waals surface area contributed by atoms with Gasteiger partial charge in [0.25, 0.3) is 5.91 Å². The number of rotatable bonds is 2. The minimum Gasteiger partial charge on any atom is -0.365 e. The second kappa shape index (κ2) is 2.06. The van der Waals surface area contributed by atoms with Gasteiger partial charge in [-0.15, -0.1) is 0 Å². The predicted molar refractivity (Wildman–Crippen MR) is 37.0 cm³/mol. The van der Waals surface area contributed by atoms with Crippen molar-refractivity contribution in [1.82, 2.24) is 5.16 Å². The molecule has 5 heteroatoms. The maximum Gasteiger partial charge on any atom is 0.254 e. The summed E-state index contributed by atoms with van der Waals surface area (Å²) in [6.45, 7) is 0. The molecule has 0 atom stereocenters. The number of nitrogens with zero attached hydrogens (tertiary/aromatic N) is 1. The van der Waals surface area contributed by atoms with Crippen LogP contribution in [0.5, 0.6) is 0 Å². The summed E-state index contributed by atoms with van der Waals surface area (Å²) in [5.74, 6) is -0.699. The van der Waals surface area contributed by atoms with Crippen LogP contribution in [0.2, 0.25) is 0 Å². The van der Waals surface area contributed by atoms with Crippen LogP contribution in [-0.2, 0) is 5.67 Å². The predicted octanol–water partition coefficient (Wildman–Crippen LogP) is 0.732.